The zero-order valence-electron chi connectivity index (χ0n) is 36.6. The van der Waals surface area contributed by atoms with Crippen molar-refractivity contribution in [3.8, 4) is 0 Å². The molecule has 3 nitrogen and oxygen atoms in total. The van der Waals surface area contributed by atoms with E-state index in [0.717, 1.165) is 52.0 Å². The molecule has 5 atom stereocenters. The highest BCUT2D eigenvalue weighted by atomic mass is 31.0. The molecule has 6 aliphatic rings. The molecular weight excluding hydrogens is 971 g/mol. The first-order chi connectivity index (χ1) is 33.0. The molecule has 8 bridgehead atoms. The van der Waals surface area contributed by atoms with Gasteiger partial charge in [0.25, 0.3) is 0 Å². The van der Waals surface area contributed by atoms with Crippen molar-refractivity contribution < 1.29 is 65.9 Å². The fraction of sp³-hybridized carbons (Fsp3) is 0.196. The van der Waals surface area contributed by atoms with Crippen molar-refractivity contribution in [1.29, 1.82) is 0 Å². The molecule has 3 aliphatic heterocycles. The molecule has 3 heterocycles. The van der Waals surface area contributed by atoms with E-state index >= 15 is 57.1 Å². The molecule has 0 fully saturated rings. The van der Waals surface area contributed by atoms with Crippen molar-refractivity contribution in [3.05, 3.63) is 208 Å². The van der Waals surface area contributed by atoms with Gasteiger partial charge in [-0.2, -0.15) is 0 Å². The second kappa shape index (κ2) is 17.5. The molecule has 3 aromatic carbocycles. The molecule has 19 heteroatoms. The Labute approximate surface area is 391 Å². The maximum Gasteiger partial charge on any atom is 0.198 e. The van der Waals surface area contributed by atoms with Crippen molar-refractivity contribution in [2.24, 2.45) is 16.6 Å². The van der Waals surface area contributed by atoms with Crippen LogP contribution >= 0.6 is 9.24 Å². The van der Waals surface area contributed by atoms with Crippen LogP contribution in [0.15, 0.2) is 116 Å². The van der Waals surface area contributed by atoms with Crippen molar-refractivity contribution in [1.82, 2.24) is 5.32 Å². The first-order valence-electron chi connectivity index (χ1n) is 21.2. The highest BCUT2D eigenvalue weighted by molar-refractivity contribution is 7.27. The van der Waals surface area contributed by atoms with Gasteiger partial charge in [-0.3, -0.25) is 0 Å². The Morgan fingerprint density at radius 1 is 0.557 bits per heavy atom. The van der Waals surface area contributed by atoms with Crippen LogP contribution in [0.25, 0.3) is 16.7 Å². The molecule has 0 spiro atoms. The fourth-order valence-electron chi connectivity index (χ4n) is 9.69. The number of aliphatic imine (C=N–C) groups is 1. The van der Waals surface area contributed by atoms with E-state index in [1.165, 1.54) is 24.3 Å². The summed E-state index contributed by atoms with van der Waals surface area (Å²) in [5, 5.41) is 2.17. The average Bonchev–Trinajstić information content (AvgIpc) is 4.20. The number of nitrogens with two attached hydrogens (primary N) is 1. The molecule has 70 heavy (non-hydrogen) atoms. The lowest BCUT2D eigenvalue weighted by Crippen LogP contribution is -2.31. The van der Waals surface area contributed by atoms with Gasteiger partial charge in [-0.15, -0.1) is 0 Å². The summed E-state index contributed by atoms with van der Waals surface area (Å²) in [4.78, 5) is 4.46. The monoisotopic (exact) mass is 1000 g/mol. The summed E-state index contributed by atoms with van der Waals surface area (Å²) in [5.74, 6) is -25.7. The first kappa shape index (κ1) is 48.6. The number of nitrogens with one attached hydrogen (secondary N) is 1. The van der Waals surface area contributed by atoms with E-state index in [4.69, 9.17) is 5.73 Å². The molecule has 0 saturated carbocycles. The lowest BCUT2D eigenvalue weighted by molar-refractivity contribution is 0.184. The number of rotatable bonds is 5. The van der Waals surface area contributed by atoms with Gasteiger partial charge in [-0.25, -0.2) is 70.8 Å². The van der Waals surface area contributed by atoms with Gasteiger partial charge in [0.15, 0.2) is 64.7 Å². The van der Waals surface area contributed by atoms with Gasteiger partial charge in [0.05, 0.1) is 28.6 Å². The van der Waals surface area contributed by atoms with Crippen molar-refractivity contribution in [3.63, 3.8) is 0 Å². The highest BCUT2D eigenvalue weighted by Gasteiger charge is 2.45. The van der Waals surface area contributed by atoms with Gasteiger partial charge in [-0.05, 0) is 96.9 Å². The fourth-order valence-corrected chi connectivity index (χ4v) is 10.0. The molecule has 3 N–H and O–H groups in total. The third kappa shape index (κ3) is 7.02. The van der Waals surface area contributed by atoms with Crippen LogP contribution in [0.3, 0.4) is 0 Å². The van der Waals surface area contributed by atoms with E-state index < -0.39 is 191 Å². The van der Waals surface area contributed by atoms with E-state index in [-0.39, 0.29) is 33.6 Å². The van der Waals surface area contributed by atoms with Crippen LogP contribution < -0.4 is 16.4 Å². The summed E-state index contributed by atoms with van der Waals surface area (Å²) in [7, 11) is 1.80. The summed E-state index contributed by atoms with van der Waals surface area (Å²) in [6, 6.07) is -1.58. The number of allylic oxidation sites excluding steroid dienone is 16. The molecule has 0 aromatic heterocycles. The minimum Gasteiger partial charge on any atom is -0.374 e. The van der Waals surface area contributed by atoms with Gasteiger partial charge in [-0.1, -0.05) is 39.6 Å². The van der Waals surface area contributed by atoms with Gasteiger partial charge < -0.3 is 11.1 Å². The largest absolute Gasteiger partial charge is 0.374 e. The molecule has 362 valence electrons. The SMILES string of the molecule is Cc1c(C)c(F)c(/C2=C3\C=CC(N3)/C(c3c(C)c(F)c(F)c(F)c3F)=C3C=C/C(=C(\C4=C(F)C(F)=C(F)C(F)C4F)C4=N/C(=C(/c5c(F)c(C)c(F)c(P)c5F)C5=CC=C2C5)C=C4)C/3CN)c(F)c1F. The quantitative estimate of drug-likeness (QED) is 0.116. The molecule has 0 saturated heterocycles. The van der Waals surface area contributed by atoms with Gasteiger partial charge in [0, 0.05) is 56.9 Å². The maximum absolute atomic E-state index is 16.7. The molecule has 5 unspecified atom stereocenters. The number of benzene rings is 3. The van der Waals surface area contributed by atoms with Crippen molar-refractivity contribution in [2.45, 2.75) is 52.5 Å². The third-order valence-corrected chi connectivity index (χ3v) is 13.9. The molecule has 0 radical (unpaired) electrons. The molecule has 9 rings (SSSR count). The third-order valence-electron chi connectivity index (χ3n) is 13.4. The number of halogens is 15. The summed E-state index contributed by atoms with van der Waals surface area (Å²) in [5.41, 5.74) is -4.61. The number of hydrogen-bond acceptors (Lipinski definition) is 3. The average molecular weight is 1000 g/mol. The summed E-state index contributed by atoms with van der Waals surface area (Å²) in [6.45, 7) is 3.47. The van der Waals surface area contributed by atoms with Crippen LogP contribution in [0.4, 0.5) is 65.9 Å². The Kier molecular flexibility index (Phi) is 12.1. The number of nitrogens with zero attached hydrogens (tertiary/aromatic N) is 1. The van der Waals surface area contributed by atoms with Crippen LogP contribution in [0.2, 0.25) is 0 Å². The maximum atomic E-state index is 16.7. The van der Waals surface area contributed by atoms with E-state index in [1.54, 1.807) is 9.24 Å². The van der Waals surface area contributed by atoms with Crippen LogP contribution in [0.1, 0.15) is 45.4 Å². The predicted octanol–water partition coefficient (Wildman–Crippen LogP) is 12.7. The zero-order valence-corrected chi connectivity index (χ0v) is 37.8. The zero-order chi connectivity index (χ0) is 50.8. The number of fused-ring (bicyclic) bond motifs is 7. The minimum atomic E-state index is -3.44. The number of alkyl halides is 2. The second-order valence-electron chi connectivity index (χ2n) is 17.1. The smallest absolute Gasteiger partial charge is 0.198 e. The topological polar surface area (TPSA) is 50.4 Å². The normalized spacial score (nSPS) is 26.3. The first-order valence-corrected chi connectivity index (χ1v) is 21.7. The summed E-state index contributed by atoms with van der Waals surface area (Å²) < 4.78 is 237. The Balaban J connectivity index is 1.45. The van der Waals surface area contributed by atoms with E-state index in [0.29, 0.717) is 0 Å². The minimum absolute atomic E-state index is 0.0998. The Bertz CT molecular complexity index is 3290. The lowest BCUT2D eigenvalue weighted by Gasteiger charge is -2.28. The van der Waals surface area contributed by atoms with Gasteiger partial charge in [0.2, 0.25) is 0 Å². The molecule has 3 aliphatic carbocycles. The Morgan fingerprint density at radius 2 is 1.13 bits per heavy atom. The summed E-state index contributed by atoms with van der Waals surface area (Å²) >= 11 is 0. The van der Waals surface area contributed by atoms with Gasteiger partial charge >= 0.3 is 0 Å². The Morgan fingerprint density at radius 3 is 1.80 bits per heavy atom. The standard InChI is InChI=1S/C51H33F15N3P/c1-15-16(2)38(54)42(58)33(36(15)52)29-19-5-6-20(13-19)30(34-37(53)18(4)40(56)51(70)45(34)61)25-10-12-27(69-25)32(35-43(59)48(64)50(66)49(65)44(35)60)22-8-7-21(23(22)14-67)31(26-11-9-24(29)68-26)28-17(3)39(55)46(62)47(63)41(28)57/h5-12,23,26,43,48,68H,13-14,67,70H2,1-4H3/b29-24+,30-25+,31-21+,32-22+. The highest BCUT2D eigenvalue weighted by Crippen LogP contribution is 2.50. The van der Waals surface area contributed by atoms with Gasteiger partial charge in [0.1, 0.15) is 23.3 Å². The van der Waals surface area contributed by atoms with Crippen LogP contribution in [-0.4, -0.2) is 30.6 Å². The lowest BCUT2D eigenvalue weighted by atomic mass is 9.80. The van der Waals surface area contributed by atoms with Crippen molar-refractivity contribution >= 4 is 37.0 Å². The van der Waals surface area contributed by atoms with Crippen molar-refractivity contribution in [2.75, 3.05) is 6.54 Å². The van der Waals surface area contributed by atoms with E-state index in [2.05, 4.69) is 10.3 Å². The number of hydrogen-bond donors (Lipinski definition) is 2. The molecular formula is C51H33F15N3P. The molecule has 0 amide bonds. The Hall–Kier alpha value is -6.39. The van der Waals surface area contributed by atoms with Crippen LogP contribution in [-0.2, 0) is 0 Å². The summed E-state index contributed by atoms with van der Waals surface area (Å²) in [6.07, 6.45) is 1.77. The molecule has 3 aromatic rings. The van der Waals surface area contributed by atoms with E-state index in [1.807, 2.05) is 0 Å². The van der Waals surface area contributed by atoms with E-state index in [9.17, 15) is 8.78 Å². The van der Waals surface area contributed by atoms with Crippen LogP contribution in [0.5, 0.6) is 0 Å². The second-order valence-corrected chi connectivity index (χ2v) is 17.7. The predicted molar refractivity (Wildman–Crippen MR) is 237 cm³/mol. The van der Waals surface area contributed by atoms with Crippen LogP contribution in [0, 0.1) is 91.8 Å².